The van der Waals surface area contributed by atoms with Gasteiger partial charge in [-0.3, -0.25) is 4.79 Å². The molecule has 0 aliphatic carbocycles. The number of amides is 1. The maximum Gasteiger partial charge on any atom is 0.246 e. The van der Waals surface area contributed by atoms with Crippen LogP contribution < -0.4 is 5.32 Å². The van der Waals surface area contributed by atoms with E-state index >= 15 is 0 Å². The number of ether oxygens (including phenoxy) is 1. The summed E-state index contributed by atoms with van der Waals surface area (Å²) in [6.07, 6.45) is 0. The van der Waals surface area contributed by atoms with Crippen LogP contribution >= 0.6 is 11.6 Å². The fourth-order valence-corrected chi connectivity index (χ4v) is 1.58. The molecule has 0 aliphatic rings. The number of methoxy groups -OCH3 is 1. The predicted molar refractivity (Wildman–Crippen MR) is 64.5 cm³/mol. The summed E-state index contributed by atoms with van der Waals surface area (Å²) in [5.41, 5.74) is 0.571. The summed E-state index contributed by atoms with van der Waals surface area (Å²) in [6.45, 7) is 3.94. The van der Waals surface area contributed by atoms with Crippen molar-refractivity contribution >= 4 is 17.5 Å². The van der Waals surface area contributed by atoms with Gasteiger partial charge in [-0.15, -0.1) is 0 Å². The highest BCUT2D eigenvalue weighted by atomic mass is 35.5. The van der Waals surface area contributed by atoms with Crippen molar-refractivity contribution in [2.24, 2.45) is 0 Å². The second kappa shape index (κ2) is 5.32. The van der Waals surface area contributed by atoms with Crippen LogP contribution in [-0.4, -0.2) is 19.6 Å². The van der Waals surface area contributed by atoms with Gasteiger partial charge in [0.2, 0.25) is 5.91 Å². The van der Waals surface area contributed by atoms with Crippen molar-refractivity contribution < 1.29 is 9.53 Å². The monoisotopic (exact) mass is 241 g/mol. The van der Waals surface area contributed by atoms with Crippen LogP contribution in [0.1, 0.15) is 19.4 Å². The molecule has 1 rings (SSSR count). The SMILES string of the molecule is COCC(=O)NC(C)(C)c1ccc(Cl)cc1. The molecule has 3 nitrogen and oxygen atoms in total. The van der Waals surface area contributed by atoms with Crippen LogP contribution in [0.2, 0.25) is 5.02 Å². The Hall–Kier alpha value is -1.06. The Balaban J connectivity index is 2.76. The zero-order valence-electron chi connectivity index (χ0n) is 9.71. The van der Waals surface area contributed by atoms with Crippen LogP contribution in [0.25, 0.3) is 0 Å². The van der Waals surface area contributed by atoms with Crippen molar-refractivity contribution in [2.75, 3.05) is 13.7 Å². The van der Waals surface area contributed by atoms with Gasteiger partial charge in [-0.05, 0) is 31.5 Å². The lowest BCUT2D eigenvalue weighted by atomic mass is 9.94. The maximum absolute atomic E-state index is 11.4. The standard InChI is InChI=1S/C12H16ClNO2/c1-12(2,14-11(15)8-16-3)9-4-6-10(13)7-5-9/h4-7H,8H2,1-3H3,(H,14,15). The minimum absolute atomic E-state index is 0.0665. The van der Waals surface area contributed by atoms with Crippen molar-refractivity contribution in [3.05, 3.63) is 34.9 Å². The molecule has 1 aromatic rings. The first-order valence-electron chi connectivity index (χ1n) is 5.01. The van der Waals surface area contributed by atoms with E-state index in [-0.39, 0.29) is 12.5 Å². The van der Waals surface area contributed by atoms with Crippen molar-refractivity contribution in [3.8, 4) is 0 Å². The molecule has 0 radical (unpaired) electrons. The first kappa shape index (κ1) is 13.0. The second-order valence-corrected chi connectivity index (χ2v) is 4.55. The van der Waals surface area contributed by atoms with Crippen molar-refractivity contribution in [1.82, 2.24) is 5.32 Å². The summed E-state index contributed by atoms with van der Waals surface area (Å²) >= 11 is 5.81. The molecule has 0 aromatic heterocycles. The molecule has 0 saturated carbocycles. The summed E-state index contributed by atoms with van der Waals surface area (Å²) in [5.74, 6) is -0.137. The third-order valence-electron chi connectivity index (χ3n) is 2.29. The molecular weight excluding hydrogens is 226 g/mol. The molecule has 0 unspecified atom stereocenters. The first-order valence-corrected chi connectivity index (χ1v) is 5.39. The Morgan fingerprint density at radius 3 is 2.44 bits per heavy atom. The number of rotatable bonds is 4. The number of hydrogen-bond donors (Lipinski definition) is 1. The molecule has 0 bridgehead atoms. The molecule has 0 aliphatic heterocycles. The fraction of sp³-hybridized carbons (Fsp3) is 0.417. The number of halogens is 1. The van der Waals surface area contributed by atoms with Crippen molar-refractivity contribution in [1.29, 1.82) is 0 Å². The molecule has 0 saturated heterocycles. The molecule has 0 fully saturated rings. The average Bonchev–Trinajstić information content (AvgIpc) is 2.17. The zero-order valence-corrected chi connectivity index (χ0v) is 10.5. The molecule has 1 N–H and O–H groups in total. The molecule has 0 spiro atoms. The highest BCUT2D eigenvalue weighted by Crippen LogP contribution is 2.21. The van der Waals surface area contributed by atoms with Gasteiger partial charge in [0.05, 0.1) is 5.54 Å². The quantitative estimate of drug-likeness (QED) is 0.879. The molecule has 1 aromatic carbocycles. The Labute approximate surface area is 101 Å². The molecule has 88 valence electrons. The summed E-state index contributed by atoms with van der Waals surface area (Å²) < 4.78 is 4.77. The van der Waals surface area contributed by atoms with E-state index in [0.717, 1.165) is 5.56 Å². The van der Waals surface area contributed by atoms with Gasteiger partial charge in [-0.25, -0.2) is 0 Å². The van der Waals surface area contributed by atoms with Crippen LogP contribution in [0.3, 0.4) is 0 Å². The number of benzene rings is 1. The number of carbonyl (C=O) groups excluding carboxylic acids is 1. The van der Waals surface area contributed by atoms with Crippen LogP contribution in [0, 0.1) is 0 Å². The summed E-state index contributed by atoms with van der Waals surface area (Å²) in [4.78, 5) is 11.4. The summed E-state index contributed by atoms with van der Waals surface area (Å²) in [5, 5.41) is 3.57. The van der Waals surface area contributed by atoms with Gasteiger partial charge in [-0.2, -0.15) is 0 Å². The van der Waals surface area contributed by atoms with Crippen LogP contribution in [0.5, 0.6) is 0 Å². The van der Waals surface area contributed by atoms with E-state index in [0.29, 0.717) is 5.02 Å². The van der Waals surface area contributed by atoms with Crippen molar-refractivity contribution in [3.63, 3.8) is 0 Å². The van der Waals surface area contributed by atoms with Crippen LogP contribution in [-0.2, 0) is 15.1 Å². The summed E-state index contributed by atoms with van der Waals surface area (Å²) in [6, 6.07) is 7.41. The maximum atomic E-state index is 11.4. The van der Waals surface area contributed by atoms with E-state index in [1.165, 1.54) is 7.11 Å². The van der Waals surface area contributed by atoms with E-state index < -0.39 is 5.54 Å². The molecule has 1 amide bonds. The first-order chi connectivity index (χ1) is 7.45. The Morgan fingerprint density at radius 1 is 1.38 bits per heavy atom. The van der Waals surface area contributed by atoms with Crippen molar-refractivity contribution in [2.45, 2.75) is 19.4 Å². The smallest absolute Gasteiger partial charge is 0.246 e. The summed E-state index contributed by atoms with van der Waals surface area (Å²) in [7, 11) is 1.49. The lowest BCUT2D eigenvalue weighted by molar-refractivity contribution is -0.126. The van der Waals surface area contributed by atoms with E-state index in [9.17, 15) is 4.79 Å². The molecule has 16 heavy (non-hydrogen) atoms. The van der Waals surface area contributed by atoms with Gasteiger partial charge in [0, 0.05) is 12.1 Å². The van der Waals surface area contributed by atoms with E-state index in [4.69, 9.17) is 16.3 Å². The van der Waals surface area contributed by atoms with Gasteiger partial charge < -0.3 is 10.1 Å². The molecule has 4 heteroatoms. The van der Waals surface area contributed by atoms with Gasteiger partial charge in [0.1, 0.15) is 6.61 Å². The molecular formula is C12H16ClNO2. The van der Waals surface area contributed by atoms with E-state index in [2.05, 4.69) is 5.32 Å². The lowest BCUT2D eigenvalue weighted by Crippen LogP contribution is -2.42. The van der Waals surface area contributed by atoms with Crippen LogP contribution in [0.4, 0.5) is 0 Å². The third-order valence-corrected chi connectivity index (χ3v) is 2.55. The minimum atomic E-state index is -0.430. The normalized spacial score (nSPS) is 11.2. The predicted octanol–water partition coefficient (Wildman–Crippen LogP) is 2.34. The highest BCUT2D eigenvalue weighted by molar-refractivity contribution is 6.30. The molecule has 0 heterocycles. The van der Waals surface area contributed by atoms with Crippen LogP contribution in [0.15, 0.2) is 24.3 Å². The third kappa shape index (κ3) is 3.51. The van der Waals surface area contributed by atoms with Gasteiger partial charge in [-0.1, -0.05) is 23.7 Å². The number of carbonyl (C=O) groups is 1. The lowest BCUT2D eigenvalue weighted by Gasteiger charge is -2.26. The van der Waals surface area contributed by atoms with E-state index in [1.54, 1.807) is 12.1 Å². The second-order valence-electron chi connectivity index (χ2n) is 4.11. The largest absolute Gasteiger partial charge is 0.375 e. The average molecular weight is 242 g/mol. The Morgan fingerprint density at radius 2 is 1.94 bits per heavy atom. The van der Waals surface area contributed by atoms with Gasteiger partial charge in [0.15, 0.2) is 0 Å². The Bertz CT molecular complexity index is 360. The fourth-order valence-electron chi connectivity index (χ4n) is 1.45. The topological polar surface area (TPSA) is 38.3 Å². The number of hydrogen-bond acceptors (Lipinski definition) is 2. The van der Waals surface area contributed by atoms with Gasteiger partial charge >= 0.3 is 0 Å². The highest BCUT2D eigenvalue weighted by Gasteiger charge is 2.22. The Kier molecular flexibility index (Phi) is 4.33. The number of nitrogens with one attached hydrogen (secondary N) is 1. The van der Waals surface area contributed by atoms with Gasteiger partial charge in [0.25, 0.3) is 0 Å². The zero-order chi connectivity index (χ0) is 12.2. The molecule has 0 atom stereocenters. The van der Waals surface area contributed by atoms with E-state index in [1.807, 2.05) is 26.0 Å². The minimum Gasteiger partial charge on any atom is -0.375 e.